The lowest BCUT2D eigenvalue weighted by Gasteiger charge is -2.14. The topological polar surface area (TPSA) is 90.6 Å². The highest BCUT2D eigenvalue weighted by Crippen LogP contribution is 2.22. The minimum Gasteiger partial charge on any atom is -0.491 e. The summed E-state index contributed by atoms with van der Waals surface area (Å²) < 4.78 is 24.0. The van der Waals surface area contributed by atoms with Gasteiger partial charge in [0.1, 0.15) is 30.6 Å². The number of carbonyl (C=O) groups excluding carboxylic acids is 2. The molecule has 0 aliphatic carbocycles. The molecule has 1 aliphatic heterocycles. The Morgan fingerprint density at radius 2 is 2.30 bits per heavy atom. The number of aldehydes is 1. The molecule has 1 aromatic carbocycles. The fraction of sp³-hybridized carbons (Fsp3) is 0.385. The van der Waals surface area contributed by atoms with E-state index in [4.69, 9.17) is 15.3 Å². The van der Waals surface area contributed by atoms with E-state index in [1.165, 1.54) is 12.1 Å². The number of halogens is 1. The van der Waals surface area contributed by atoms with Crippen molar-refractivity contribution in [1.82, 2.24) is 5.43 Å². The third-order valence-electron chi connectivity index (χ3n) is 3.01. The van der Waals surface area contributed by atoms with Crippen molar-refractivity contribution in [2.45, 2.75) is 25.0 Å². The average molecular weight is 282 g/mol. The zero-order valence-corrected chi connectivity index (χ0v) is 10.7. The standard InChI is InChI=1S/C13H15FN2O4/c14-9-3-8(6-17)4-11(5-9)19-7-10-1-2-12(20-10)13(18)16-15/h3-6,10,12H,1-2,7,15H2,(H,16,18). The van der Waals surface area contributed by atoms with Crippen LogP contribution >= 0.6 is 0 Å². The Kier molecular flexibility index (Phi) is 4.65. The highest BCUT2D eigenvalue weighted by Gasteiger charge is 2.30. The van der Waals surface area contributed by atoms with Crippen LogP contribution in [0.1, 0.15) is 23.2 Å². The maximum atomic E-state index is 13.2. The SMILES string of the molecule is NNC(=O)C1CCC(COc2cc(F)cc(C=O)c2)O1. The van der Waals surface area contributed by atoms with Gasteiger partial charge in [0.05, 0.1) is 6.10 Å². The molecule has 6 nitrogen and oxygen atoms in total. The summed E-state index contributed by atoms with van der Waals surface area (Å²) in [6.45, 7) is 0.177. The predicted octanol–water partition coefficient (Wildman–Crippen LogP) is 0.554. The van der Waals surface area contributed by atoms with Crippen molar-refractivity contribution in [3.8, 4) is 5.75 Å². The molecule has 1 amide bonds. The van der Waals surface area contributed by atoms with Crippen molar-refractivity contribution in [1.29, 1.82) is 0 Å². The van der Waals surface area contributed by atoms with E-state index in [9.17, 15) is 14.0 Å². The second-order valence-electron chi connectivity index (χ2n) is 4.48. The van der Waals surface area contributed by atoms with Crippen LogP contribution in [-0.4, -0.2) is 31.0 Å². The number of rotatable bonds is 5. The first-order valence-corrected chi connectivity index (χ1v) is 6.17. The van der Waals surface area contributed by atoms with Crippen molar-refractivity contribution in [3.63, 3.8) is 0 Å². The number of nitrogens with two attached hydrogens (primary N) is 1. The molecule has 1 fully saturated rings. The van der Waals surface area contributed by atoms with Crippen LogP contribution in [0.15, 0.2) is 18.2 Å². The van der Waals surface area contributed by atoms with Gasteiger partial charge in [0.25, 0.3) is 5.91 Å². The molecular formula is C13H15FN2O4. The van der Waals surface area contributed by atoms with Crippen molar-refractivity contribution in [2.75, 3.05) is 6.61 Å². The van der Waals surface area contributed by atoms with Gasteiger partial charge in [-0.15, -0.1) is 0 Å². The molecule has 7 heteroatoms. The number of hydrogen-bond acceptors (Lipinski definition) is 5. The molecule has 2 unspecified atom stereocenters. The molecule has 0 aromatic heterocycles. The largest absolute Gasteiger partial charge is 0.491 e. The zero-order valence-electron chi connectivity index (χ0n) is 10.7. The number of benzene rings is 1. The van der Waals surface area contributed by atoms with Gasteiger partial charge in [-0.05, 0) is 25.0 Å². The van der Waals surface area contributed by atoms with E-state index >= 15 is 0 Å². The van der Waals surface area contributed by atoms with Gasteiger partial charge in [-0.1, -0.05) is 0 Å². The lowest BCUT2D eigenvalue weighted by Crippen LogP contribution is -2.39. The molecule has 20 heavy (non-hydrogen) atoms. The van der Waals surface area contributed by atoms with Crippen molar-refractivity contribution in [2.24, 2.45) is 5.84 Å². The Morgan fingerprint density at radius 1 is 1.50 bits per heavy atom. The molecule has 0 bridgehead atoms. The number of ether oxygens (including phenoxy) is 2. The average Bonchev–Trinajstić information content (AvgIpc) is 2.92. The van der Waals surface area contributed by atoms with Gasteiger partial charge in [-0.25, -0.2) is 10.2 Å². The summed E-state index contributed by atoms with van der Waals surface area (Å²) >= 11 is 0. The molecule has 0 radical (unpaired) electrons. The Hall–Kier alpha value is -1.99. The highest BCUT2D eigenvalue weighted by atomic mass is 19.1. The smallest absolute Gasteiger partial charge is 0.263 e. The maximum absolute atomic E-state index is 13.2. The highest BCUT2D eigenvalue weighted by molar-refractivity contribution is 5.80. The Morgan fingerprint density at radius 3 is 3.00 bits per heavy atom. The monoisotopic (exact) mass is 282 g/mol. The first kappa shape index (κ1) is 14.4. The van der Waals surface area contributed by atoms with Crippen LogP contribution in [0.4, 0.5) is 4.39 Å². The summed E-state index contributed by atoms with van der Waals surface area (Å²) in [6.07, 6.45) is 0.907. The van der Waals surface area contributed by atoms with E-state index < -0.39 is 11.9 Å². The molecule has 2 rings (SSSR count). The summed E-state index contributed by atoms with van der Waals surface area (Å²) in [5.41, 5.74) is 2.23. The quantitative estimate of drug-likeness (QED) is 0.356. The summed E-state index contributed by atoms with van der Waals surface area (Å²) in [5, 5.41) is 0. The molecule has 108 valence electrons. The molecule has 0 spiro atoms. The third-order valence-corrected chi connectivity index (χ3v) is 3.01. The summed E-state index contributed by atoms with van der Waals surface area (Å²) in [6, 6.07) is 3.74. The van der Waals surface area contributed by atoms with E-state index in [0.717, 1.165) is 6.07 Å². The molecule has 3 N–H and O–H groups in total. The fourth-order valence-corrected chi connectivity index (χ4v) is 2.04. The third kappa shape index (κ3) is 3.52. The van der Waals surface area contributed by atoms with Gasteiger partial charge in [0.2, 0.25) is 0 Å². The van der Waals surface area contributed by atoms with Gasteiger partial charge >= 0.3 is 0 Å². The summed E-state index contributed by atoms with van der Waals surface area (Å²) in [4.78, 5) is 21.9. The molecule has 1 aromatic rings. The predicted molar refractivity (Wildman–Crippen MR) is 67.5 cm³/mol. The van der Waals surface area contributed by atoms with Crippen LogP contribution in [0, 0.1) is 5.82 Å². The van der Waals surface area contributed by atoms with Gasteiger partial charge in [0, 0.05) is 11.6 Å². The first-order chi connectivity index (χ1) is 9.62. The molecule has 1 aliphatic rings. The molecule has 1 saturated heterocycles. The van der Waals surface area contributed by atoms with Crippen LogP contribution in [-0.2, 0) is 9.53 Å². The molecule has 1 heterocycles. The van der Waals surface area contributed by atoms with Gasteiger partial charge in [0.15, 0.2) is 0 Å². The second kappa shape index (κ2) is 6.44. The lowest BCUT2D eigenvalue weighted by atomic mass is 10.2. The zero-order chi connectivity index (χ0) is 14.5. The summed E-state index contributed by atoms with van der Waals surface area (Å²) in [5.74, 6) is 4.36. The van der Waals surface area contributed by atoms with E-state index in [1.54, 1.807) is 0 Å². The van der Waals surface area contributed by atoms with Crippen molar-refractivity contribution < 1.29 is 23.5 Å². The minimum absolute atomic E-state index is 0.177. The minimum atomic E-state index is -0.577. The fourth-order valence-electron chi connectivity index (χ4n) is 2.04. The molecule has 0 saturated carbocycles. The van der Waals surface area contributed by atoms with Crippen molar-refractivity contribution in [3.05, 3.63) is 29.6 Å². The Bertz CT molecular complexity index is 509. The number of amides is 1. The van der Waals surface area contributed by atoms with Gasteiger partial charge in [-0.2, -0.15) is 0 Å². The second-order valence-corrected chi connectivity index (χ2v) is 4.48. The van der Waals surface area contributed by atoms with E-state index in [0.29, 0.717) is 19.1 Å². The van der Waals surface area contributed by atoms with Crippen LogP contribution in [0.3, 0.4) is 0 Å². The first-order valence-electron chi connectivity index (χ1n) is 6.17. The van der Waals surface area contributed by atoms with Crippen molar-refractivity contribution >= 4 is 12.2 Å². The van der Waals surface area contributed by atoms with Gasteiger partial charge in [-0.3, -0.25) is 15.0 Å². The number of carbonyl (C=O) groups is 2. The Balaban J connectivity index is 1.89. The van der Waals surface area contributed by atoms with Crippen LogP contribution in [0.5, 0.6) is 5.75 Å². The normalized spacial score (nSPS) is 21.5. The Labute approximate surface area is 115 Å². The molecular weight excluding hydrogens is 267 g/mol. The molecule has 2 atom stereocenters. The number of nitrogens with one attached hydrogen (secondary N) is 1. The lowest BCUT2D eigenvalue weighted by molar-refractivity contribution is -0.132. The van der Waals surface area contributed by atoms with E-state index in [-0.39, 0.29) is 29.9 Å². The number of hydrazine groups is 1. The van der Waals surface area contributed by atoms with E-state index in [2.05, 4.69) is 0 Å². The van der Waals surface area contributed by atoms with E-state index in [1.807, 2.05) is 5.43 Å². The number of hydrogen-bond donors (Lipinski definition) is 2. The van der Waals surface area contributed by atoms with Crippen LogP contribution in [0.2, 0.25) is 0 Å². The van der Waals surface area contributed by atoms with Gasteiger partial charge < -0.3 is 9.47 Å². The van der Waals surface area contributed by atoms with Crippen LogP contribution in [0.25, 0.3) is 0 Å². The van der Waals surface area contributed by atoms with Crippen LogP contribution < -0.4 is 16.0 Å². The maximum Gasteiger partial charge on any atom is 0.263 e. The summed E-state index contributed by atoms with van der Waals surface area (Å²) in [7, 11) is 0.